The summed E-state index contributed by atoms with van der Waals surface area (Å²) in [4.78, 5) is 23.5. The summed E-state index contributed by atoms with van der Waals surface area (Å²) in [7, 11) is 7.43. The van der Waals surface area contributed by atoms with Crippen molar-refractivity contribution in [2.24, 2.45) is 7.05 Å². The van der Waals surface area contributed by atoms with E-state index in [9.17, 15) is 4.79 Å². The largest absolute Gasteiger partial charge is 0.497 e. The standard InChI is InChI=1S/C25H28N4O2S/c1-27(2)25(30)23-22(20-6-5-10-26-24(20)32-23)16-9-11-29(14-16)15-17-13-28(3)21-12-18(31-4)7-8-19(17)21/h5-8,10,12-13,16H,9,11,14-15H2,1-4H3/t16-/m0/s1. The number of carbonyl (C=O) groups is 1. The highest BCUT2D eigenvalue weighted by Gasteiger charge is 2.31. The molecule has 6 nitrogen and oxygen atoms in total. The highest BCUT2D eigenvalue weighted by atomic mass is 32.1. The maximum atomic E-state index is 12.9. The van der Waals surface area contributed by atoms with Crippen LogP contribution in [0.3, 0.4) is 0 Å². The van der Waals surface area contributed by atoms with Crippen LogP contribution in [0.15, 0.2) is 42.7 Å². The molecule has 4 aromatic rings. The van der Waals surface area contributed by atoms with Crippen LogP contribution < -0.4 is 4.74 Å². The smallest absolute Gasteiger partial charge is 0.263 e. The predicted molar refractivity (Wildman–Crippen MR) is 130 cm³/mol. The van der Waals surface area contributed by atoms with Crippen LogP contribution >= 0.6 is 11.3 Å². The number of nitrogens with zero attached hydrogens (tertiary/aromatic N) is 4. The van der Waals surface area contributed by atoms with Crippen LogP contribution in [-0.4, -0.2) is 59.6 Å². The molecule has 0 saturated carbocycles. The second-order valence-corrected chi connectivity index (χ2v) is 9.77. The highest BCUT2D eigenvalue weighted by molar-refractivity contribution is 7.20. The van der Waals surface area contributed by atoms with Gasteiger partial charge in [-0.25, -0.2) is 4.98 Å². The van der Waals surface area contributed by atoms with Crippen LogP contribution in [0, 0.1) is 0 Å². The molecule has 0 unspecified atom stereocenters. The lowest BCUT2D eigenvalue weighted by Gasteiger charge is -2.17. The molecule has 1 amide bonds. The van der Waals surface area contributed by atoms with E-state index in [1.54, 1.807) is 12.0 Å². The van der Waals surface area contributed by atoms with E-state index in [2.05, 4.69) is 45.9 Å². The fourth-order valence-corrected chi connectivity index (χ4v) is 6.12. The zero-order chi connectivity index (χ0) is 22.4. The number of hydrogen-bond acceptors (Lipinski definition) is 5. The lowest BCUT2D eigenvalue weighted by atomic mass is 9.95. The summed E-state index contributed by atoms with van der Waals surface area (Å²) in [6.45, 7) is 2.86. The maximum Gasteiger partial charge on any atom is 0.263 e. The van der Waals surface area contributed by atoms with Crippen molar-refractivity contribution in [2.45, 2.75) is 18.9 Å². The van der Waals surface area contributed by atoms with Crippen LogP contribution in [0.2, 0.25) is 0 Å². The van der Waals surface area contributed by atoms with Gasteiger partial charge in [-0.15, -0.1) is 11.3 Å². The Morgan fingerprint density at radius 3 is 2.91 bits per heavy atom. The van der Waals surface area contributed by atoms with Crippen molar-refractivity contribution in [3.05, 3.63) is 58.7 Å². The number of pyridine rings is 1. The monoisotopic (exact) mass is 448 g/mol. The lowest BCUT2D eigenvalue weighted by Crippen LogP contribution is -2.23. The van der Waals surface area contributed by atoms with E-state index in [-0.39, 0.29) is 5.91 Å². The first-order chi connectivity index (χ1) is 15.5. The van der Waals surface area contributed by atoms with Gasteiger partial charge in [0.05, 0.1) is 17.5 Å². The molecule has 166 valence electrons. The molecule has 1 aliphatic rings. The van der Waals surface area contributed by atoms with E-state index in [0.717, 1.165) is 46.9 Å². The van der Waals surface area contributed by atoms with E-state index >= 15 is 0 Å². The summed E-state index contributed by atoms with van der Waals surface area (Å²) in [5, 5.41) is 2.40. The number of benzene rings is 1. The zero-order valence-electron chi connectivity index (χ0n) is 19.0. The maximum absolute atomic E-state index is 12.9. The molecule has 0 spiro atoms. The van der Waals surface area contributed by atoms with Gasteiger partial charge < -0.3 is 14.2 Å². The van der Waals surface area contributed by atoms with E-state index in [0.29, 0.717) is 5.92 Å². The van der Waals surface area contributed by atoms with Crippen molar-refractivity contribution < 1.29 is 9.53 Å². The molecule has 7 heteroatoms. The van der Waals surface area contributed by atoms with Gasteiger partial charge in [0.2, 0.25) is 0 Å². The number of ether oxygens (including phenoxy) is 1. The number of carbonyl (C=O) groups excluding carboxylic acids is 1. The number of methoxy groups -OCH3 is 1. The second-order valence-electron chi connectivity index (χ2n) is 8.77. The summed E-state index contributed by atoms with van der Waals surface area (Å²) in [6.07, 6.45) is 5.08. The van der Waals surface area contributed by atoms with Crippen molar-refractivity contribution in [2.75, 3.05) is 34.3 Å². The zero-order valence-corrected chi connectivity index (χ0v) is 19.8. The number of hydrogen-bond donors (Lipinski definition) is 0. The van der Waals surface area contributed by atoms with Gasteiger partial charge in [0.1, 0.15) is 10.6 Å². The van der Waals surface area contributed by atoms with Crippen molar-refractivity contribution in [1.29, 1.82) is 0 Å². The minimum Gasteiger partial charge on any atom is -0.497 e. The molecule has 4 heterocycles. The van der Waals surface area contributed by atoms with E-state index in [1.807, 2.05) is 32.4 Å². The number of aryl methyl sites for hydroxylation is 1. The fraction of sp³-hybridized carbons (Fsp3) is 0.360. The van der Waals surface area contributed by atoms with Crippen LogP contribution in [-0.2, 0) is 13.6 Å². The third-order valence-corrected chi connectivity index (χ3v) is 7.58. The number of amides is 1. The number of rotatable bonds is 5. The van der Waals surface area contributed by atoms with Gasteiger partial charge in [-0.1, -0.05) is 6.07 Å². The Hall–Kier alpha value is -2.90. The molecule has 0 N–H and O–H groups in total. The lowest BCUT2D eigenvalue weighted by molar-refractivity contribution is 0.0831. The molecular formula is C25H28N4O2S. The SMILES string of the molecule is COc1ccc2c(CN3CC[C@H](c4c(C(=O)N(C)C)sc5ncccc45)C3)cn(C)c2c1. The van der Waals surface area contributed by atoms with Crippen LogP contribution in [0.25, 0.3) is 21.1 Å². The molecule has 1 atom stereocenters. The summed E-state index contributed by atoms with van der Waals surface area (Å²) in [5.74, 6) is 1.29. The first-order valence-electron chi connectivity index (χ1n) is 10.9. The third-order valence-electron chi connectivity index (χ3n) is 6.46. The summed E-state index contributed by atoms with van der Waals surface area (Å²) < 4.78 is 7.57. The van der Waals surface area contributed by atoms with Crippen molar-refractivity contribution in [3.63, 3.8) is 0 Å². The topological polar surface area (TPSA) is 50.6 Å². The normalized spacial score (nSPS) is 16.8. The van der Waals surface area contributed by atoms with Gasteiger partial charge in [0.25, 0.3) is 5.91 Å². The van der Waals surface area contributed by atoms with Gasteiger partial charge in [-0.3, -0.25) is 9.69 Å². The molecule has 32 heavy (non-hydrogen) atoms. The van der Waals surface area contributed by atoms with E-state index < -0.39 is 0 Å². The van der Waals surface area contributed by atoms with Crippen LogP contribution in [0.1, 0.15) is 33.1 Å². The Morgan fingerprint density at radius 2 is 2.12 bits per heavy atom. The second kappa shape index (κ2) is 8.22. The molecule has 0 bridgehead atoms. The van der Waals surface area contributed by atoms with E-state index in [1.165, 1.54) is 33.4 Å². The third kappa shape index (κ3) is 3.55. The molecule has 5 rings (SSSR count). The average Bonchev–Trinajstić information content (AvgIpc) is 3.49. The molecule has 1 aliphatic heterocycles. The first-order valence-corrected chi connectivity index (χ1v) is 11.7. The molecule has 0 radical (unpaired) electrons. The van der Waals surface area contributed by atoms with Gasteiger partial charge >= 0.3 is 0 Å². The summed E-state index contributed by atoms with van der Waals surface area (Å²) in [6, 6.07) is 10.4. The van der Waals surface area contributed by atoms with Gasteiger partial charge in [-0.2, -0.15) is 0 Å². The fourth-order valence-electron chi connectivity index (χ4n) is 4.87. The van der Waals surface area contributed by atoms with Crippen LogP contribution in [0.5, 0.6) is 5.75 Å². The van der Waals surface area contributed by atoms with Gasteiger partial charge in [-0.05, 0) is 42.3 Å². The molecule has 3 aromatic heterocycles. The van der Waals surface area contributed by atoms with Gasteiger partial charge in [0, 0.05) is 69.4 Å². The minimum atomic E-state index is 0.0736. The van der Waals surface area contributed by atoms with Crippen molar-refractivity contribution in [1.82, 2.24) is 19.4 Å². The summed E-state index contributed by atoms with van der Waals surface area (Å²) in [5.41, 5.74) is 3.69. The Bertz CT molecular complexity index is 1310. The number of fused-ring (bicyclic) bond motifs is 2. The number of likely N-dealkylation sites (tertiary alicyclic amines) is 1. The Balaban J connectivity index is 1.43. The van der Waals surface area contributed by atoms with Crippen molar-refractivity contribution >= 4 is 38.4 Å². The Morgan fingerprint density at radius 1 is 1.28 bits per heavy atom. The number of aromatic nitrogens is 2. The molecule has 1 fully saturated rings. The van der Waals surface area contributed by atoms with Gasteiger partial charge in [0.15, 0.2) is 0 Å². The number of thiophene rings is 1. The molecular weight excluding hydrogens is 420 g/mol. The molecule has 1 saturated heterocycles. The van der Waals surface area contributed by atoms with E-state index in [4.69, 9.17) is 4.74 Å². The van der Waals surface area contributed by atoms with Crippen molar-refractivity contribution in [3.8, 4) is 5.75 Å². The highest BCUT2D eigenvalue weighted by Crippen LogP contribution is 2.40. The summed E-state index contributed by atoms with van der Waals surface area (Å²) >= 11 is 1.53. The Labute approximate surface area is 192 Å². The average molecular weight is 449 g/mol. The Kier molecular flexibility index (Phi) is 5.39. The predicted octanol–water partition coefficient (Wildman–Crippen LogP) is 4.49. The first kappa shape index (κ1) is 21.0. The minimum absolute atomic E-state index is 0.0736. The molecule has 1 aromatic carbocycles. The quantitative estimate of drug-likeness (QED) is 0.451. The van der Waals surface area contributed by atoms with Crippen LogP contribution in [0.4, 0.5) is 0 Å². The molecule has 0 aliphatic carbocycles.